The minimum Gasteiger partial charge on any atom is -0.368 e. The fourth-order valence-corrected chi connectivity index (χ4v) is 1.34. The van der Waals surface area contributed by atoms with Gasteiger partial charge in [-0.05, 0) is 12.5 Å². The highest BCUT2D eigenvalue weighted by molar-refractivity contribution is 5.79. The molecule has 3 N–H and O–H groups in total. The number of halogens is 2. The topological polar surface area (TPSA) is 55.1 Å². The van der Waals surface area contributed by atoms with Gasteiger partial charge >= 0.3 is 0 Å². The first kappa shape index (κ1) is 12.6. The van der Waals surface area contributed by atoms with Gasteiger partial charge in [-0.15, -0.1) is 0 Å². The van der Waals surface area contributed by atoms with Crippen LogP contribution in [0.5, 0.6) is 0 Å². The van der Waals surface area contributed by atoms with Crippen LogP contribution in [-0.4, -0.2) is 11.9 Å². The third-order valence-electron chi connectivity index (χ3n) is 2.31. The van der Waals surface area contributed by atoms with Gasteiger partial charge in [0.05, 0.1) is 6.04 Å². The van der Waals surface area contributed by atoms with E-state index in [4.69, 9.17) is 5.73 Å². The van der Waals surface area contributed by atoms with Crippen molar-refractivity contribution >= 4 is 5.91 Å². The standard InChI is InChI=1S/C11H14F2N2O/c1-2-10(11(14)16)15-6-7-3-4-8(12)5-9(7)13/h3-5,10,15H,2,6H2,1H3,(H2,14,16). The van der Waals surface area contributed by atoms with Crippen molar-refractivity contribution in [3.8, 4) is 0 Å². The summed E-state index contributed by atoms with van der Waals surface area (Å²) in [4.78, 5) is 10.9. The minimum atomic E-state index is -0.633. The molecule has 0 aliphatic heterocycles. The van der Waals surface area contributed by atoms with Crippen LogP contribution >= 0.6 is 0 Å². The van der Waals surface area contributed by atoms with Gasteiger partial charge in [-0.1, -0.05) is 13.0 Å². The summed E-state index contributed by atoms with van der Waals surface area (Å²) in [6.45, 7) is 1.94. The molecule has 1 rings (SSSR count). The molecule has 0 heterocycles. The lowest BCUT2D eigenvalue weighted by molar-refractivity contribution is -0.120. The maximum absolute atomic E-state index is 13.2. The van der Waals surface area contributed by atoms with Crippen LogP contribution in [0.2, 0.25) is 0 Å². The van der Waals surface area contributed by atoms with Crippen molar-refractivity contribution in [3.05, 3.63) is 35.4 Å². The van der Waals surface area contributed by atoms with Crippen LogP contribution in [0.15, 0.2) is 18.2 Å². The molecule has 0 aliphatic rings. The predicted octanol–water partition coefficient (Wildman–Crippen LogP) is 1.32. The van der Waals surface area contributed by atoms with Crippen LogP contribution in [-0.2, 0) is 11.3 Å². The maximum Gasteiger partial charge on any atom is 0.234 e. The Balaban J connectivity index is 2.63. The van der Waals surface area contributed by atoms with E-state index in [1.807, 2.05) is 0 Å². The highest BCUT2D eigenvalue weighted by Crippen LogP contribution is 2.09. The van der Waals surface area contributed by atoms with Gasteiger partial charge in [-0.2, -0.15) is 0 Å². The van der Waals surface area contributed by atoms with E-state index < -0.39 is 23.6 Å². The number of carbonyl (C=O) groups excluding carboxylic acids is 1. The largest absolute Gasteiger partial charge is 0.368 e. The van der Waals surface area contributed by atoms with Crippen molar-refractivity contribution in [2.75, 3.05) is 0 Å². The zero-order valence-electron chi connectivity index (χ0n) is 8.97. The van der Waals surface area contributed by atoms with Crippen LogP contribution in [0.3, 0.4) is 0 Å². The first-order valence-corrected chi connectivity index (χ1v) is 5.01. The number of hydrogen-bond acceptors (Lipinski definition) is 2. The van der Waals surface area contributed by atoms with Gasteiger partial charge < -0.3 is 11.1 Å². The molecule has 0 aliphatic carbocycles. The molecule has 0 spiro atoms. The normalized spacial score (nSPS) is 12.4. The van der Waals surface area contributed by atoms with Crippen molar-refractivity contribution in [1.29, 1.82) is 0 Å². The van der Waals surface area contributed by atoms with Gasteiger partial charge in [-0.3, -0.25) is 4.79 Å². The number of nitrogens with two attached hydrogens (primary N) is 1. The van der Waals surface area contributed by atoms with Gasteiger partial charge in [0, 0.05) is 18.2 Å². The molecular formula is C11H14F2N2O. The molecular weight excluding hydrogens is 214 g/mol. The van der Waals surface area contributed by atoms with E-state index in [1.165, 1.54) is 12.1 Å². The highest BCUT2D eigenvalue weighted by atomic mass is 19.1. The Kier molecular flexibility index (Phi) is 4.37. The second-order valence-electron chi connectivity index (χ2n) is 3.48. The zero-order chi connectivity index (χ0) is 12.1. The average Bonchev–Trinajstić information content (AvgIpc) is 2.21. The summed E-state index contributed by atoms with van der Waals surface area (Å²) in [5.41, 5.74) is 5.42. The summed E-state index contributed by atoms with van der Waals surface area (Å²) in [6, 6.07) is 2.82. The monoisotopic (exact) mass is 228 g/mol. The fourth-order valence-electron chi connectivity index (χ4n) is 1.34. The number of carbonyl (C=O) groups is 1. The van der Waals surface area contributed by atoms with Crippen LogP contribution in [0, 0.1) is 11.6 Å². The number of primary amides is 1. The molecule has 16 heavy (non-hydrogen) atoms. The molecule has 1 amide bonds. The first-order valence-electron chi connectivity index (χ1n) is 5.01. The second-order valence-corrected chi connectivity index (χ2v) is 3.48. The second kappa shape index (κ2) is 5.55. The third-order valence-corrected chi connectivity index (χ3v) is 2.31. The summed E-state index contributed by atoms with van der Waals surface area (Å²) in [6.07, 6.45) is 0.526. The Morgan fingerprint density at radius 1 is 1.50 bits per heavy atom. The molecule has 0 saturated carbocycles. The highest BCUT2D eigenvalue weighted by Gasteiger charge is 2.12. The lowest BCUT2D eigenvalue weighted by Crippen LogP contribution is -2.40. The fraction of sp³-hybridized carbons (Fsp3) is 0.364. The zero-order valence-corrected chi connectivity index (χ0v) is 8.97. The summed E-state index contributed by atoms with van der Waals surface area (Å²) in [5, 5.41) is 2.81. The summed E-state index contributed by atoms with van der Waals surface area (Å²) in [5.74, 6) is -1.74. The molecule has 0 aromatic heterocycles. The van der Waals surface area contributed by atoms with Crippen LogP contribution in [0.25, 0.3) is 0 Å². The van der Waals surface area contributed by atoms with E-state index in [9.17, 15) is 13.6 Å². The molecule has 0 fully saturated rings. The molecule has 1 aromatic carbocycles. The van der Waals surface area contributed by atoms with E-state index in [-0.39, 0.29) is 6.54 Å². The Bertz CT molecular complexity index is 382. The molecule has 1 atom stereocenters. The lowest BCUT2D eigenvalue weighted by atomic mass is 10.1. The molecule has 0 radical (unpaired) electrons. The quantitative estimate of drug-likeness (QED) is 0.798. The van der Waals surface area contributed by atoms with Crippen molar-refractivity contribution < 1.29 is 13.6 Å². The van der Waals surface area contributed by atoms with E-state index in [1.54, 1.807) is 6.92 Å². The van der Waals surface area contributed by atoms with Crippen molar-refractivity contribution in [3.63, 3.8) is 0 Å². The van der Waals surface area contributed by atoms with Crippen LogP contribution in [0.4, 0.5) is 8.78 Å². The van der Waals surface area contributed by atoms with Crippen LogP contribution in [0.1, 0.15) is 18.9 Å². The smallest absolute Gasteiger partial charge is 0.234 e. The van der Waals surface area contributed by atoms with Gasteiger partial charge in [0.1, 0.15) is 11.6 Å². The summed E-state index contributed by atoms with van der Waals surface area (Å²) >= 11 is 0. The number of nitrogens with one attached hydrogen (secondary N) is 1. The Morgan fingerprint density at radius 2 is 2.19 bits per heavy atom. The van der Waals surface area contributed by atoms with Crippen molar-refractivity contribution in [2.45, 2.75) is 25.9 Å². The molecule has 0 saturated heterocycles. The molecule has 0 bridgehead atoms. The SMILES string of the molecule is CCC(NCc1ccc(F)cc1F)C(N)=O. The number of rotatable bonds is 5. The average molecular weight is 228 g/mol. The van der Waals surface area contributed by atoms with Gasteiger partial charge in [0.25, 0.3) is 0 Å². The maximum atomic E-state index is 13.2. The molecule has 1 unspecified atom stereocenters. The van der Waals surface area contributed by atoms with Gasteiger partial charge in [-0.25, -0.2) is 8.78 Å². The predicted molar refractivity (Wildman–Crippen MR) is 56.5 cm³/mol. The summed E-state index contributed by atoms with van der Waals surface area (Å²) in [7, 11) is 0. The summed E-state index contributed by atoms with van der Waals surface area (Å²) < 4.78 is 25.8. The van der Waals surface area contributed by atoms with Crippen molar-refractivity contribution in [1.82, 2.24) is 5.32 Å². The number of hydrogen-bond donors (Lipinski definition) is 2. The number of benzene rings is 1. The van der Waals surface area contributed by atoms with Gasteiger partial charge in [0.15, 0.2) is 0 Å². The van der Waals surface area contributed by atoms with E-state index in [0.717, 1.165) is 6.07 Å². The van der Waals surface area contributed by atoms with E-state index in [2.05, 4.69) is 5.32 Å². The molecule has 1 aromatic rings. The Labute approximate surface area is 92.6 Å². The molecule has 88 valence electrons. The molecule has 3 nitrogen and oxygen atoms in total. The van der Waals surface area contributed by atoms with Crippen molar-refractivity contribution in [2.24, 2.45) is 5.73 Å². The minimum absolute atomic E-state index is 0.146. The van der Waals surface area contributed by atoms with Crippen LogP contribution < -0.4 is 11.1 Å². The third kappa shape index (κ3) is 3.27. The van der Waals surface area contributed by atoms with E-state index >= 15 is 0 Å². The Morgan fingerprint density at radius 3 is 2.69 bits per heavy atom. The number of amides is 1. The van der Waals surface area contributed by atoms with Gasteiger partial charge in [0.2, 0.25) is 5.91 Å². The molecule has 5 heteroatoms. The Hall–Kier alpha value is -1.49. The lowest BCUT2D eigenvalue weighted by Gasteiger charge is -2.13. The first-order chi connectivity index (χ1) is 7.54. The van der Waals surface area contributed by atoms with E-state index in [0.29, 0.717) is 12.0 Å².